The van der Waals surface area contributed by atoms with E-state index in [1.54, 1.807) is 23.1 Å². The average molecular weight is 314 g/mol. The molecule has 0 aliphatic carbocycles. The van der Waals surface area contributed by atoms with Crippen molar-refractivity contribution in [3.05, 3.63) is 36.7 Å². The highest BCUT2D eigenvalue weighted by Crippen LogP contribution is 2.18. The molecular formula is C16H22N6O. The second-order valence-electron chi connectivity index (χ2n) is 5.97. The molecule has 0 bridgehead atoms. The maximum absolute atomic E-state index is 12.2. The summed E-state index contributed by atoms with van der Waals surface area (Å²) in [5.74, 6) is 1.66. The molecule has 7 heteroatoms. The largest absolute Gasteiger partial charge is 0.354 e. The van der Waals surface area contributed by atoms with Gasteiger partial charge in [-0.05, 0) is 32.4 Å². The molecule has 3 rings (SSSR count). The quantitative estimate of drug-likeness (QED) is 0.908. The van der Waals surface area contributed by atoms with Crippen molar-refractivity contribution in [3.63, 3.8) is 0 Å². The number of aromatic nitrogens is 3. The minimum atomic E-state index is -0.194. The molecule has 2 aromatic heterocycles. The topological polar surface area (TPSA) is 75.1 Å². The Bertz CT molecular complexity index is 654. The second kappa shape index (κ2) is 6.68. The van der Waals surface area contributed by atoms with Gasteiger partial charge in [-0.25, -0.2) is 14.5 Å². The molecule has 2 amide bonds. The summed E-state index contributed by atoms with van der Waals surface area (Å²) in [6.45, 7) is 5.72. The Balaban J connectivity index is 1.54. The van der Waals surface area contributed by atoms with Crippen molar-refractivity contribution in [1.82, 2.24) is 20.1 Å². The highest BCUT2D eigenvalue weighted by atomic mass is 16.2. The first-order chi connectivity index (χ1) is 11.1. The molecule has 2 aromatic rings. The van der Waals surface area contributed by atoms with Crippen molar-refractivity contribution in [1.29, 1.82) is 0 Å². The molecule has 0 aromatic carbocycles. The minimum absolute atomic E-state index is 0.118. The Morgan fingerprint density at radius 3 is 2.91 bits per heavy atom. The van der Waals surface area contributed by atoms with Crippen molar-refractivity contribution in [3.8, 4) is 0 Å². The number of nitrogens with zero attached hydrogens (tertiary/aromatic N) is 4. The van der Waals surface area contributed by atoms with Gasteiger partial charge in [0.25, 0.3) is 0 Å². The van der Waals surface area contributed by atoms with Crippen LogP contribution in [-0.4, -0.2) is 39.9 Å². The van der Waals surface area contributed by atoms with Crippen LogP contribution >= 0.6 is 0 Å². The normalized spacial score (nSPS) is 17.5. The summed E-state index contributed by atoms with van der Waals surface area (Å²) in [7, 11) is 0. The van der Waals surface area contributed by atoms with Crippen LogP contribution in [0, 0.1) is 0 Å². The maximum atomic E-state index is 12.2. The molecule has 1 atom stereocenters. The first-order valence-corrected chi connectivity index (χ1v) is 7.90. The zero-order valence-electron chi connectivity index (χ0n) is 13.4. The minimum Gasteiger partial charge on any atom is -0.354 e. The fourth-order valence-electron chi connectivity index (χ4n) is 2.79. The average Bonchev–Trinajstić information content (AvgIpc) is 3.17. The summed E-state index contributed by atoms with van der Waals surface area (Å²) in [5, 5.41) is 10.1. The van der Waals surface area contributed by atoms with Crippen LogP contribution in [0.5, 0.6) is 0 Å². The highest BCUT2D eigenvalue weighted by Gasteiger charge is 2.25. The van der Waals surface area contributed by atoms with E-state index in [-0.39, 0.29) is 18.1 Å². The predicted octanol–water partition coefficient (Wildman–Crippen LogP) is 2.26. The van der Waals surface area contributed by atoms with E-state index in [1.807, 2.05) is 32.0 Å². The first kappa shape index (κ1) is 15.3. The number of amides is 2. The molecule has 23 heavy (non-hydrogen) atoms. The Kier molecular flexibility index (Phi) is 4.45. The zero-order valence-corrected chi connectivity index (χ0v) is 13.4. The monoisotopic (exact) mass is 314 g/mol. The Morgan fingerprint density at radius 1 is 1.30 bits per heavy atom. The van der Waals surface area contributed by atoms with Crippen LogP contribution in [-0.2, 0) is 0 Å². The van der Waals surface area contributed by atoms with Crippen molar-refractivity contribution < 1.29 is 4.79 Å². The van der Waals surface area contributed by atoms with Gasteiger partial charge in [0.2, 0.25) is 0 Å². The third-order valence-electron chi connectivity index (χ3n) is 3.90. The van der Waals surface area contributed by atoms with E-state index in [0.29, 0.717) is 5.82 Å². The number of anilines is 2. The number of carbonyl (C=O) groups is 1. The Hall–Kier alpha value is -2.57. The fourth-order valence-corrected chi connectivity index (χ4v) is 2.79. The molecule has 1 fully saturated rings. The molecule has 1 aliphatic heterocycles. The lowest BCUT2D eigenvalue weighted by molar-refractivity contribution is 0.249. The Labute approximate surface area is 135 Å². The molecular weight excluding hydrogens is 292 g/mol. The third-order valence-corrected chi connectivity index (χ3v) is 3.90. The molecule has 7 nitrogen and oxygen atoms in total. The van der Waals surface area contributed by atoms with Crippen molar-refractivity contribution in [2.45, 2.75) is 32.4 Å². The molecule has 1 unspecified atom stereocenters. The SMILES string of the molecule is CC(C)n1nccc1NC(=O)NC1CCN(c2ccccn2)C1. The van der Waals surface area contributed by atoms with Gasteiger partial charge in [-0.2, -0.15) is 5.10 Å². The van der Waals surface area contributed by atoms with E-state index in [4.69, 9.17) is 0 Å². The molecule has 122 valence electrons. The van der Waals surface area contributed by atoms with Crippen LogP contribution in [0.4, 0.5) is 16.4 Å². The number of urea groups is 1. The Morgan fingerprint density at radius 2 is 2.17 bits per heavy atom. The summed E-state index contributed by atoms with van der Waals surface area (Å²) in [6.07, 6.45) is 4.39. The van der Waals surface area contributed by atoms with E-state index in [1.165, 1.54) is 0 Å². The van der Waals surface area contributed by atoms with Gasteiger partial charge in [0.15, 0.2) is 0 Å². The fraction of sp³-hybridized carbons (Fsp3) is 0.438. The standard InChI is InChI=1S/C16H22N6O/c1-12(2)22-15(6-9-18-22)20-16(23)19-13-7-10-21(11-13)14-5-3-4-8-17-14/h3-6,8-9,12-13H,7,10-11H2,1-2H3,(H2,19,20,23). The molecule has 1 saturated heterocycles. The van der Waals surface area contributed by atoms with Gasteiger partial charge in [-0.3, -0.25) is 5.32 Å². The van der Waals surface area contributed by atoms with E-state index in [9.17, 15) is 4.79 Å². The number of carbonyl (C=O) groups excluding carboxylic acids is 1. The summed E-state index contributed by atoms with van der Waals surface area (Å²) in [5.41, 5.74) is 0. The summed E-state index contributed by atoms with van der Waals surface area (Å²) in [4.78, 5) is 18.7. The van der Waals surface area contributed by atoms with Gasteiger partial charge in [-0.15, -0.1) is 0 Å². The smallest absolute Gasteiger partial charge is 0.320 e. The highest BCUT2D eigenvalue weighted by molar-refractivity contribution is 5.88. The third kappa shape index (κ3) is 3.61. The van der Waals surface area contributed by atoms with Gasteiger partial charge in [0.1, 0.15) is 11.6 Å². The van der Waals surface area contributed by atoms with Crippen LogP contribution in [0.3, 0.4) is 0 Å². The number of pyridine rings is 1. The van der Waals surface area contributed by atoms with Gasteiger partial charge >= 0.3 is 6.03 Å². The number of nitrogens with one attached hydrogen (secondary N) is 2. The molecule has 3 heterocycles. The van der Waals surface area contributed by atoms with Crippen LogP contribution in [0.1, 0.15) is 26.3 Å². The summed E-state index contributed by atoms with van der Waals surface area (Å²) in [6, 6.07) is 7.79. The number of hydrogen-bond donors (Lipinski definition) is 2. The summed E-state index contributed by atoms with van der Waals surface area (Å²) < 4.78 is 1.79. The van der Waals surface area contributed by atoms with Gasteiger partial charge in [0.05, 0.1) is 6.20 Å². The van der Waals surface area contributed by atoms with E-state index >= 15 is 0 Å². The van der Waals surface area contributed by atoms with Crippen LogP contribution in [0.15, 0.2) is 36.7 Å². The number of rotatable bonds is 4. The molecule has 2 N–H and O–H groups in total. The van der Waals surface area contributed by atoms with Crippen molar-refractivity contribution >= 4 is 17.7 Å². The summed E-state index contributed by atoms with van der Waals surface area (Å²) >= 11 is 0. The molecule has 0 saturated carbocycles. The second-order valence-corrected chi connectivity index (χ2v) is 5.97. The number of hydrogen-bond acceptors (Lipinski definition) is 4. The maximum Gasteiger partial charge on any atom is 0.320 e. The lowest BCUT2D eigenvalue weighted by Gasteiger charge is -2.18. The van der Waals surface area contributed by atoms with Crippen LogP contribution < -0.4 is 15.5 Å². The van der Waals surface area contributed by atoms with E-state index < -0.39 is 0 Å². The lowest BCUT2D eigenvalue weighted by atomic mass is 10.3. The molecule has 1 aliphatic rings. The van der Waals surface area contributed by atoms with Crippen LogP contribution in [0.25, 0.3) is 0 Å². The van der Waals surface area contributed by atoms with Crippen molar-refractivity contribution in [2.75, 3.05) is 23.3 Å². The lowest BCUT2D eigenvalue weighted by Crippen LogP contribution is -2.40. The van der Waals surface area contributed by atoms with E-state index in [0.717, 1.165) is 25.3 Å². The van der Waals surface area contributed by atoms with Crippen LogP contribution in [0.2, 0.25) is 0 Å². The van der Waals surface area contributed by atoms with Gasteiger partial charge < -0.3 is 10.2 Å². The van der Waals surface area contributed by atoms with Gasteiger partial charge in [0, 0.05) is 37.4 Å². The van der Waals surface area contributed by atoms with Crippen molar-refractivity contribution in [2.24, 2.45) is 0 Å². The zero-order chi connectivity index (χ0) is 16.2. The van der Waals surface area contributed by atoms with E-state index in [2.05, 4.69) is 25.6 Å². The molecule has 0 spiro atoms. The first-order valence-electron chi connectivity index (χ1n) is 7.90. The van der Waals surface area contributed by atoms with Gasteiger partial charge in [-0.1, -0.05) is 6.07 Å². The molecule has 0 radical (unpaired) electrons. The predicted molar refractivity (Wildman–Crippen MR) is 89.6 cm³/mol.